The second-order valence-electron chi connectivity index (χ2n) is 6.02. The van der Waals surface area contributed by atoms with Crippen molar-refractivity contribution in [3.8, 4) is 22.8 Å². The van der Waals surface area contributed by atoms with Gasteiger partial charge in [-0.2, -0.15) is 5.10 Å². The number of nitrogens with zero attached hydrogens (tertiary/aromatic N) is 2. The predicted octanol–water partition coefficient (Wildman–Crippen LogP) is 1.70. The Kier molecular flexibility index (Phi) is 4.74. The van der Waals surface area contributed by atoms with Crippen molar-refractivity contribution in [1.29, 1.82) is 0 Å². The Labute approximate surface area is 145 Å². The molecule has 25 heavy (non-hydrogen) atoms. The number of hydrogen-bond acceptors (Lipinski definition) is 5. The van der Waals surface area contributed by atoms with Crippen LogP contribution in [0.2, 0.25) is 0 Å². The highest BCUT2D eigenvalue weighted by molar-refractivity contribution is 5.94. The largest absolute Gasteiger partial charge is 0.493 e. The Bertz CT molecular complexity index is 856. The highest BCUT2D eigenvalue weighted by atomic mass is 16.5. The Morgan fingerprint density at radius 3 is 2.56 bits per heavy atom. The minimum atomic E-state index is -0.418. The molecule has 1 aromatic heterocycles. The van der Waals surface area contributed by atoms with Gasteiger partial charge >= 0.3 is 0 Å². The van der Waals surface area contributed by atoms with E-state index in [-0.39, 0.29) is 11.1 Å². The number of carbonyl (C=O) groups excluding carboxylic acids is 1. The maximum absolute atomic E-state index is 12.5. The zero-order valence-corrected chi connectivity index (χ0v) is 14.5. The lowest BCUT2D eigenvalue weighted by Gasteiger charge is -2.12. The van der Waals surface area contributed by atoms with E-state index in [0.29, 0.717) is 29.7 Å². The molecule has 2 aromatic rings. The van der Waals surface area contributed by atoms with Gasteiger partial charge in [0, 0.05) is 19.2 Å². The summed E-state index contributed by atoms with van der Waals surface area (Å²) in [7, 11) is 4.62. The summed E-state index contributed by atoms with van der Waals surface area (Å²) in [4.78, 5) is 24.6. The first kappa shape index (κ1) is 17.0. The van der Waals surface area contributed by atoms with E-state index in [2.05, 4.69) is 10.4 Å². The second kappa shape index (κ2) is 6.96. The first-order valence-corrected chi connectivity index (χ1v) is 8.14. The van der Waals surface area contributed by atoms with Crippen LogP contribution in [0, 0.1) is 5.92 Å². The first-order valence-electron chi connectivity index (χ1n) is 8.14. The number of carbonyl (C=O) groups is 1. The molecule has 7 heteroatoms. The Hall–Kier alpha value is -2.83. The summed E-state index contributed by atoms with van der Waals surface area (Å²) in [6.07, 6.45) is 2.17. The molecule has 7 nitrogen and oxygen atoms in total. The van der Waals surface area contributed by atoms with Crippen molar-refractivity contribution in [1.82, 2.24) is 15.1 Å². The zero-order valence-electron chi connectivity index (χ0n) is 14.5. The van der Waals surface area contributed by atoms with Gasteiger partial charge in [-0.25, -0.2) is 4.68 Å². The highest BCUT2D eigenvalue weighted by Crippen LogP contribution is 2.32. The maximum Gasteiger partial charge on any atom is 0.279 e. The van der Waals surface area contributed by atoms with Crippen molar-refractivity contribution in [2.75, 3.05) is 21.3 Å². The molecule has 1 saturated carbocycles. The molecule has 0 spiro atoms. The summed E-state index contributed by atoms with van der Waals surface area (Å²) >= 11 is 0. The van der Waals surface area contributed by atoms with Crippen LogP contribution in [-0.2, 0) is 6.54 Å². The molecule has 0 aliphatic heterocycles. The van der Waals surface area contributed by atoms with E-state index >= 15 is 0 Å². The van der Waals surface area contributed by atoms with Crippen molar-refractivity contribution in [3.63, 3.8) is 0 Å². The molecule has 132 valence electrons. The Morgan fingerprint density at radius 2 is 1.96 bits per heavy atom. The van der Waals surface area contributed by atoms with Crippen LogP contribution in [0.1, 0.15) is 23.2 Å². The van der Waals surface area contributed by atoms with Gasteiger partial charge in [0.1, 0.15) is 5.56 Å². The average Bonchev–Trinajstić information content (AvgIpc) is 3.46. The van der Waals surface area contributed by atoms with Crippen LogP contribution in [0.3, 0.4) is 0 Å². The van der Waals surface area contributed by atoms with Crippen LogP contribution in [-0.4, -0.2) is 37.0 Å². The molecule has 1 aromatic carbocycles. The second-order valence-corrected chi connectivity index (χ2v) is 6.02. The van der Waals surface area contributed by atoms with Gasteiger partial charge in [0.05, 0.1) is 19.9 Å². The fourth-order valence-corrected chi connectivity index (χ4v) is 2.64. The molecule has 1 fully saturated rings. The van der Waals surface area contributed by atoms with Crippen LogP contribution in [0.15, 0.2) is 29.1 Å². The fraction of sp³-hybridized carbons (Fsp3) is 0.389. The van der Waals surface area contributed by atoms with Crippen LogP contribution in [0.4, 0.5) is 0 Å². The summed E-state index contributed by atoms with van der Waals surface area (Å²) in [5.41, 5.74) is 1.01. The van der Waals surface area contributed by atoms with Gasteiger partial charge in [-0.3, -0.25) is 9.59 Å². The smallest absolute Gasteiger partial charge is 0.279 e. The first-order chi connectivity index (χ1) is 12.1. The number of ether oxygens (including phenoxy) is 2. The number of hydrogen-bond donors (Lipinski definition) is 1. The highest BCUT2D eigenvalue weighted by Gasteiger charge is 2.24. The number of nitrogens with one attached hydrogen (secondary N) is 1. The monoisotopic (exact) mass is 343 g/mol. The summed E-state index contributed by atoms with van der Waals surface area (Å²) in [5, 5.41) is 6.97. The van der Waals surface area contributed by atoms with Crippen LogP contribution >= 0.6 is 0 Å². The van der Waals surface area contributed by atoms with Crippen molar-refractivity contribution in [2.24, 2.45) is 5.92 Å². The number of methoxy groups -OCH3 is 2. The Morgan fingerprint density at radius 1 is 1.24 bits per heavy atom. The van der Waals surface area contributed by atoms with E-state index in [9.17, 15) is 9.59 Å². The molecule has 0 atom stereocenters. The fourth-order valence-electron chi connectivity index (χ4n) is 2.64. The summed E-state index contributed by atoms with van der Waals surface area (Å²) < 4.78 is 12.0. The van der Waals surface area contributed by atoms with Gasteiger partial charge in [-0.05, 0) is 43.0 Å². The molecule has 1 heterocycles. The lowest BCUT2D eigenvalue weighted by molar-refractivity contribution is 0.0960. The SMILES string of the molecule is CNC(=O)c1cc(-c2ccc(OC)c(OC)c2)nn(CC2CC2)c1=O. The molecular formula is C18H21N3O4. The normalized spacial score (nSPS) is 13.4. The molecule has 1 aliphatic rings. The third kappa shape index (κ3) is 3.50. The molecule has 0 bridgehead atoms. The molecule has 0 radical (unpaired) electrons. The summed E-state index contributed by atoms with van der Waals surface area (Å²) in [5.74, 6) is 1.20. The van der Waals surface area contributed by atoms with Gasteiger partial charge in [0.15, 0.2) is 11.5 Å². The van der Waals surface area contributed by atoms with Crippen molar-refractivity contribution >= 4 is 5.91 Å². The third-order valence-corrected chi connectivity index (χ3v) is 4.25. The predicted molar refractivity (Wildman–Crippen MR) is 93.2 cm³/mol. The van der Waals surface area contributed by atoms with Crippen LogP contribution in [0.25, 0.3) is 11.3 Å². The molecule has 1 aliphatic carbocycles. The minimum absolute atomic E-state index is 0.0861. The molecule has 1 amide bonds. The zero-order chi connectivity index (χ0) is 18.0. The van der Waals surface area contributed by atoms with Gasteiger partial charge in [0.2, 0.25) is 0 Å². The molecule has 0 unspecified atom stereocenters. The maximum atomic E-state index is 12.5. The van der Waals surface area contributed by atoms with Gasteiger partial charge in [-0.1, -0.05) is 0 Å². The van der Waals surface area contributed by atoms with Gasteiger partial charge in [0.25, 0.3) is 11.5 Å². The standard InChI is InChI=1S/C18H21N3O4/c1-19-17(22)13-9-14(20-21(18(13)23)10-11-4-5-11)12-6-7-15(24-2)16(8-12)25-3/h6-9,11H,4-5,10H2,1-3H3,(H,19,22). The quantitative estimate of drug-likeness (QED) is 0.863. The van der Waals surface area contributed by atoms with Gasteiger partial charge in [-0.15, -0.1) is 0 Å². The third-order valence-electron chi connectivity index (χ3n) is 4.25. The van der Waals surface area contributed by atoms with Crippen molar-refractivity contribution < 1.29 is 14.3 Å². The van der Waals surface area contributed by atoms with E-state index in [1.54, 1.807) is 26.4 Å². The van der Waals surface area contributed by atoms with Crippen LogP contribution < -0.4 is 20.3 Å². The average molecular weight is 343 g/mol. The minimum Gasteiger partial charge on any atom is -0.493 e. The van der Waals surface area contributed by atoms with Crippen molar-refractivity contribution in [2.45, 2.75) is 19.4 Å². The van der Waals surface area contributed by atoms with E-state index in [1.165, 1.54) is 17.8 Å². The molecule has 0 saturated heterocycles. The summed E-state index contributed by atoms with van der Waals surface area (Å²) in [6.45, 7) is 0.532. The van der Waals surface area contributed by atoms with E-state index < -0.39 is 5.91 Å². The lowest BCUT2D eigenvalue weighted by atomic mass is 10.1. The topological polar surface area (TPSA) is 82.4 Å². The number of amides is 1. The number of rotatable bonds is 6. The van der Waals surface area contributed by atoms with Crippen molar-refractivity contribution in [3.05, 3.63) is 40.2 Å². The molecular weight excluding hydrogens is 322 g/mol. The van der Waals surface area contributed by atoms with Crippen LogP contribution in [0.5, 0.6) is 11.5 Å². The number of benzene rings is 1. The van der Waals surface area contributed by atoms with E-state index in [1.807, 2.05) is 6.07 Å². The number of aromatic nitrogens is 2. The summed E-state index contributed by atoms with van der Waals surface area (Å²) in [6, 6.07) is 6.89. The van der Waals surface area contributed by atoms with Gasteiger partial charge < -0.3 is 14.8 Å². The van der Waals surface area contributed by atoms with E-state index in [4.69, 9.17) is 9.47 Å². The molecule has 1 N–H and O–H groups in total. The lowest BCUT2D eigenvalue weighted by Crippen LogP contribution is -2.33. The molecule has 3 rings (SSSR count). The van der Waals surface area contributed by atoms with E-state index in [0.717, 1.165) is 18.4 Å². The Balaban J connectivity index is 2.11.